The Bertz CT molecular complexity index is 1950. The average molecular weight is 655 g/mol. The number of likely N-dealkylation sites (tertiary alicyclic amines) is 1. The van der Waals surface area contributed by atoms with Gasteiger partial charge in [-0.3, -0.25) is 19.1 Å². The zero-order valence-corrected chi connectivity index (χ0v) is 27.2. The lowest BCUT2D eigenvalue weighted by Crippen LogP contribution is -2.42. The number of hydrogen-bond donors (Lipinski definition) is 1. The summed E-state index contributed by atoms with van der Waals surface area (Å²) >= 11 is 0. The number of anilines is 1. The number of aromatic nitrogens is 5. The first kappa shape index (κ1) is 31.8. The maximum absolute atomic E-state index is 15.4. The molecular weight excluding hydrogens is 615 g/mol. The summed E-state index contributed by atoms with van der Waals surface area (Å²) in [6.07, 6.45) is 9.32. The Morgan fingerprint density at radius 3 is 2.52 bits per heavy atom. The number of fused-ring (bicyclic) bond motifs is 1. The summed E-state index contributed by atoms with van der Waals surface area (Å²) < 4.78 is 23.6. The Labute approximate surface area is 277 Å². The second kappa shape index (κ2) is 13.4. The highest BCUT2D eigenvalue weighted by atomic mass is 19.1. The normalized spacial score (nSPS) is 17.2. The van der Waals surface area contributed by atoms with E-state index in [1.165, 1.54) is 42.1 Å². The molecule has 48 heavy (non-hydrogen) atoms. The van der Waals surface area contributed by atoms with Gasteiger partial charge in [-0.15, -0.1) is 0 Å². The number of amides is 1. The monoisotopic (exact) mass is 654 g/mol. The van der Waals surface area contributed by atoms with Gasteiger partial charge >= 0.3 is 5.69 Å². The Balaban J connectivity index is 1.07. The lowest BCUT2D eigenvalue weighted by Gasteiger charge is -2.35. The van der Waals surface area contributed by atoms with Gasteiger partial charge < -0.3 is 15.0 Å². The van der Waals surface area contributed by atoms with Crippen LogP contribution in [0.4, 0.5) is 10.1 Å². The van der Waals surface area contributed by atoms with Crippen LogP contribution in [-0.4, -0.2) is 73.0 Å². The number of hydrogen-bond acceptors (Lipinski definition) is 9. The summed E-state index contributed by atoms with van der Waals surface area (Å²) in [7, 11) is 2.17. The van der Waals surface area contributed by atoms with Crippen molar-refractivity contribution >= 4 is 11.6 Å². The third kappa shape index (κ3) is 6.92. The molecule has 0 unspecified atom stereocenters. The zero-order valence-electron chi connectivity index (χ0n) is 27.2. The number of piperidine rings is 1. The third-order valence-electron chi connectivity index (χ3n) is 9.47. The molecule has 1 saturated carbocycles. The number of aryl methyl sites for hydroxylation is 1. The number of pyridine rings is 1. The smallest absolute Gasteiger partial charge is 0.336 e. The van der Waals surface area contributed by atoms with E-state index in [2.05, 4.69) is 37.1 Å². The van der Waals surface area contributed by atoms with Gasteiger partial charge in [0.2, 0.25) is 5.88 Å². The standard InChI is InChI=1S/C35H39FN8O4/c1-22-3-8-31(37-16-22)44-34(46)27(19-43(35(44)47)18-23-4-5-23)32(45)40-25-6-7-30(28(36)15-25)48-33-26-11-14-42(20-29(26)38-21-39-33)17-24-9-12-41(2)13-10-24/h3,6-8,15-16,19,21,23-24H,4-5,9-14,17-18,20H2,1-2H3,(H,40,45). The van der Waals surface area contributed by atoms with Gasteiger partial charge in [0.15, 0.2) is 11.6 Å². The highest BCUT2D eigenvalue weighted by Gasteiger charge is 2.27. The molecule has 4 aromatic rings. The average Bonchev–Trinajstić information content (AvgIpc) is 3.90. The summed E-state index contributed by atoms with van der Waals surface area (Å²) in [6, 6.07) is 7.34. The minimum atomic E-state index is -0.806. The predicted molar refractivity (Wildman–Crippen MR) is 177 cm³/mol. The third-order valence-corrected chi connectivity index (χ3v) is 9.47. The number of carbonyl (C=O) groups excluding carboxylic acids is 1. The first-order chi connectivity index (χ1) is 23.2. The van der Waals surface area contributed by atoms with Crippen LogP contribution < -0.4 is 21.3 Å². The molecule has 1 saturated heterocycles. The molecule has 1 aromatic carbocycles. The fourth-order valence-corrected chi connectivity index (χ4v) is 6.46. The van der Waals surface area contributed by atoms with Crippen LogP contribution in [0.15, 0.2) is 58.6 Å². The molecule has 1 aliphatic carbocycles. The quantitative estimate of drug-likeness (QED) is 0.287. The van der Waals surface area contributed by atoms with Crippen LogP contribution in [0, 0.1) is 24.6 Å². The van der Waals surface area contributed by atoms with E-state index < -0.39 is 23.0 Å². The van der Waals surface area contributed by atoms with Crippen molar-refractivity contribution in [3.8, 4) is 17.4 Å². The summed E-state index contributed by atoms with van der Waals surface area (Å²) in [4.78, 5) is 58.0. The molecule has 12 nitrogen and oxygen atoms in total. The second-order valence-corrected chi connectivity index (χ2v) is 13.3. The van der Waals surface area contributed by atoms with E-state index in [-0.39, 0.29) is 22.8 Å². The summed E-state index contributed by atoms with van der Waals surface area (Å²) in [6.45, 7) is 7.07. The zero-order chi connectivity index (χ0) is 33.4. The topological polar surface area (TPSA) is 127 Å². The first-order valence-electron chi connectivity index (χ1n) is 16.5. The van der Waals surface area contributed by atoms with Crippen molar-refractivity contribution in [3.05, 3.63) is 98.1 Å². The van der Waals surface area contributed by atoms with E-state index in [1.807, 2.05) is 6.92 Å². The molecule has 13 heteroatoms. The molecule has 0 atom stereocenters. The number of nitrogens with zero attached hydrogens (tertiary/aromatic N) is 7. The fraction of sp³-hybridized carbons (Fsp3) is 0.429. The maximum atomic E-state index is 15.4. The van der Waals surface area contributed by atoms with E-state index in [9.17, 15) is 14.4 Å². The van der Waals surface area contributed by atoms with Crippen molar-refractivity contribution < 1.29 is 13.9 Å². The molecule has 0 radical (unpaired) electrons. The highest BCUT2D eigenvalue weighted by Crippen LogP contribution is 2.32. The van der Waals surface area contributed by atoms with E-state index in [1.54, 1.807) is 18.3 Å². The van der Waals surface area contributed by atoms with Crippen molar-refractivity contribution in [2.24, 2.45) is 11.8 Å². The number of rotatable bonds is 9. The highest BCUT2D eigenvalue weighted by molar-refractivity contribution is 6.03. The lowest BCUT2D eigenvalue weighted by molar-refractivity contribution is 0.102. The Kier molecular flexibility index (Phi) is 8.88. The van der Waals surface area contributed by atoms with E-state index >= 15 is 4.39 Å². The molecule has 0 bridgehead atoms. The van der Waals surface area contributed by atoms with Gasteiger partial charge in [-0.1, -0.05) is 6.07 Å². The largest absolute Gasteiger partial charge is 0.436 e. The summed E-state index contributed by atoms with van der Waals surface area (Å²) in [5, 5.41) is 2.61. The molecule has 1 N–H and O–H groups in total. The molecule has 3 aromatic heterocycles. The summed E-state index contributed by atoms with van der Waals surface area (Å²) in [5.41, 5.74) is 1.11. The van der Waals surface area contributed by atoms with Crippen LogP contribution in [0.1, 0.15) is 52.9 Å². The molecular formula is C35H39FN8O4. The molecule has 7 rings (SSSR count). The van der Waals surface area contributed by atoms with Crippen LogP contribution in [0.2, 0.25) is 0 Å². The summed E-state index contributed by atoms with van der Waals surface area (Å²) in [5.74, 6) is -0.103. The first-order valence-corrected chi connectivity index (χ1v) is 16.5. The predicted octanol–water partition coefficient (Wildman–Crippen LogP) is 3.79. The second-order valence-electron chi connectivity index (χ2n) is 13.3. The minimum absolute atomic E-state index is 0.0477. The number of halogens is 1. The van der Waals surface area contributed by atoms with Gasteiger partial charge in [0, 0.05) is 55.9 Å². The number of ether oxygens (including phenoxy) is 1. The fourth-order valence-electron chi connectivity index (χ4n) is 6.46. The van der Waals surface area contributed by atoms with Crippen molar-refractivity contribution in [2.75, 3.05) is 38.5 Å². The number of carbonyl (C=O) groups is 1. The van der Waals surface area contributed by atoms with Crippen molar-refractivity contribution in [1.82, 2.24) is 33.9 Å². The van der Waals surface area contributed by atoms with Gasteiger partial charge in [-0.2, -0.15) is 0 Å². The molecule has 5 heterocycles. The van der Waals surface area contributed by atoms with Crippen molar-refractivity contribution in [2.45, 2.75) is 52.1 Å². The lowest BCUT2D eigenvalue weighted by atomic mass is 9.95. The molecule has 3 aliphatic rings. The van der Waals surface area contributed by atoms with Gasteiger partial charge in [-0.25, -0.2) is 28.7 Å². The molecule has 2 aliphatic heterocycles. The van der Waals surface area contributed by atoms with Crippen molar-refractivity contribution in [1.29, 1.82) is 0 Å². The van der Waals surface area contributed by atoms with Crippen molar-refractivity contribution in [3.63, 3.8) is 0 Å². The molecule has 250 valence electrons. The Morgan fingerprint density at radius 2 is 1.79 bits per heavy atom. The van der Waals surface area contributed by atoms with E-state index in [0.717, 1.165) is 66.5 Å². The van der Waals surface area contributed by atoms with Crippen LogP contribution in [0.5, 0.6) is 11.6 Å². The number of benzene rings is 1. The van der Waals surface area contributed by atoms with E-state index in [4.69, 9.17) is 4.74 Å². The minimum Gasteiger partial charge on any atom is -0.436 e. The maximum Gasteiger partial charge on any atom is 0.336 e. The van der Waals surface area contributed by atoms with Gasteiger partial charge in [-0.05, 0) is 94.8 Å². The van der Waals surface area contributed by atoms with Crippen LogP contribution in [-0.2, 0) is 19.5 Å². The van der Waals surface area contributed by atoms with E-state index in [0.29, 0.717) is 37.2 Å². The SMILES string of the molecule is Cc1ccc(-n2c(=O)c(C(=O)Nc3ccc(Oc4ncnc5c4CCN(CC4CCN(C)CC4)C5)c(F)c3)cn(CC3CC3)c2=O)nc1. The van der Waals surface area contributed by atoms with Crippen LogP contribution in [0.3, 0.4) is 0 Å². The molecule has 1 amide bonds. The van der Waals surface area contributed by atoms with Gasteiger partial charge in [0.25, 0.3) is 11.5 Å². The van der Waals surface area contributed by atoms with Crippen LogP contribution >= 0.6 is 0 Å². The van der Waals surface area contributed by atoms with Gasteiger partial charge in [0.1, 0.15) is 17.7 Å². The molecule has 2 fully saturated rings. The Morgan fingerprint density at radius 1 is 1.00 bits per heavy atom. The number of nitrogens with one attached hydrogen (secondary N) is 1. The Hall–Kier alpha value is -4.75. The molecule has 0 spiro atoms. The van der Waals surface area contributed by atoms with Crippen LogP contribution in [0.25, 0.3) is 5.82 Å². The van der Waals surface area contributed by atoms with Gasteiger partial charge in [0.05, 0.1) is 5.69 Å².